The van der Waals surface area contributed by atoms with Crippen LogP contribution in [0.4, 0.5) is 17.1 Å². The number of aryl methyl sites for hydroxylation is 1. The quantitative estimate of drug-likeness (QED) is 0.182. The highest BCUT2D eigenvalue weighted by atomic mass is 35.5. The number of halogens is 1. The van der Waals surface area contributed by atoms with Gasteiger partial charge in [0.1, 0.15) is 24.2 Å². The molecule has 0 saturated carbocycles. The molecule has 0 radical (unpaired) electrons. The fraction of sp³-hybridized carbons (Fsp3) is 0.250. The van der Waals surface area contributed by atoms with Gasteiger partial charge in [0.2, 0.25) is 5.91 Å². The molecule has 1 amide bonds. The zero-order valence-electron chi connectivity index (χ0n) is 24.1. The van der Waals surface area contributed by atoms with Gasteiger partial charge in [0.05, 0.1) is 39.8 Å². The van der Waals surface area contributed by atoms with Crippen molar-refractivity contribution in [2.24, 2.45) is 0 Å². The fourth-order valence-corrected chi connectivity index (χ4v) is 4.39. The summed E-state index contributed by atoms with van der Waals surface area (Å²) in [5.41, 5.74) is 4.37. The van der Waals surface area contributed by atoms with Crippen LogP contribution in [0.2, 0.25) is 5.02 Å². The zero-order valence-corrected chi connectivity index (χ0v) is 24.8. The Morgan fingerprint density at radius 1 is 1.10 bits per heavy atom. The Labute approximate surface area is 250 Å². The predicted octanol–water partition coefficient (Wildman–Crippen LogP) is 6.49. The summed E-state index contributed by atoms with van der Waals surface area (Å²) >= 11 is 6.58. The van der Waals surface area contributed by atoms with E-state index >= 15 is 0 Å². The molecule has 0 bridgehead atoms. The Morgan fingerprint density at radius 3 is 2.62 bits per heavy atom. The van der Waals surface area contributed by atoms with Crippen molar-refractivity contribution in [3.63, 3.8) is 0 Å². The summed E-state index contributed by atoms with van der Waals surface area (Å²) < 4.78 is 11.7. The van der Waals surface area contributed by atoms with E-state index in [2.05, 4.69) is 33.6 Å². The maximum atomic E-state index is 12.6. The van der Waals surface area contributed by atoms with Crippen LogP contribution < -0.4 is 20.1 Å². The van der Waals surface area contributed by atoms with E-state index in [1.807, 2.05) is 50.2 Å². The molecule has 0 spiro atoms. The van der Waals surface area contributed by atoms with E-state index in [1.54, 1.807) is 30.3 Å². The molecule has 4 aromatic rings. The molecule has 4 rings (SSSR count). The van der Waals surface area contributed by atoms with Gasteiger partial charge in [0.15, 0.2) is 0 Å². The molecule has 0 aliphatic heterocycles. The summed E-state index contributed by atoms with van der Waals surface area (Å²) in [7, 11) is 3.84. The van der Waals surface area contributed by atoms with E-state index in [1.165, 1.54) is 12.3 Å². The van der Waals surface area contributed by atoms with Gasteiger partial charge in [-0.05, 0) is 63.8 Å². The summed E-state index contributed by atoms with van der Waals surface area (Å²) in [6.07, 6.45) is 5.59. The van der Waals surface area contributed by atoms with Crippen molar-refractivity contribution in [2.75, 3.05) is 37.9 Å². The molecule has 2 aromatic heterocycles. The molecule has 10 heteroatoms. The molecule has 0 atom stereocenters. The number of carbonyl (C=O) groups excluding carboxylic acids is 1. The van der Waals surface area contributed by atoms with Crippen LogP contribution in [-0.4, -0.2) is 48.0 Å². The molecular formula is C32H33ClN6O3. The van der Waals surface area contributed by atoms with E-state index in [4.69, 9.17) is 21.1 Å². The van der Waals surface area contributed by atoms with Crippen LogP contribution in [0, 0.1) is 11.3 Å². The van der Waals surface area contributed by atoms with Gasteiger partial charge in [-0.15, -0.1) is 0 Å². The summed E-state index contributed by atoms with van der Waals surface area (Å²) in [5.74, 6) is 0.695. The number of hydrogen-bond acceptors (Lipinski definition) is 8. The number of aromatic nitrogens is 2. The maximum absolute atomic E-state index is 12.6. The third-order valence-electron chi connectivity index (χ3n) is 6.19. The number of nitriles is 1. The van der Waals surface area contributed by atoms with Crippen LogP contribution in [0.1, 0.15) is 30.8 Å². The Kier molecular flexibility index (Phi) is 10.3. The summed E-state index contributed by atoms with van der Waals surface area (Å²) in [6.45, 7) is 5.23. The monoisotopic (exact) mass is 584 g/mol. The predicted molar refractivity (Wildman–Crippen MR) is 167 cm³/mol. The van der Waals surface area contributed by atoms with Crippen molar-refractivity contribution in [1.82, 2.24) is 14.9 Å². The number of nitrogens with one attached hydrogen (secondary N) is 2. The van der Waals surface area contributed by atoms with Crippen molar-refractivity contribution in [2.45, 2.75) is 26.9 Å². The number of pyridine rings is 2. The Morgan fingerprint density at radius 2 is 1.90 bits per heavy atom. The largest absolute Gasteiger partial charge is 0.492 e. The van der Waals surface area contributed by atoms with Gasteiger partial charge < -0.3 is 25.0 Å². The zero-order chi connectivity index (χ0) is 30.1. The van der Waals surface area contributed by atoms with Crippen molar-refractivity contribution >= 4 is 45.5 Å². The second kappa shape index (κ2) is 14.3. The Hall–Kier alpha value is -4.65. The molecular weight excluding hydrogens is 552 g/mol. The number of fused-ring (bicyclic) bond motifs is 1. The number of benzene rings is 2. The molecule has 2 N–H and O–H groups in total. The van der Waals surface area contributed by atoms with Crippen LogP contribution in [0.15, 0.2) is 66.9 Å². The highest BCUT2D eigenvalue weighted by Crippen LogP contribution is 2.37. The molecule has 2 aromatic carbocycles. The van der Waals surface area contributed by atoms with Crippen molar-refractivity contribution < 1.29 is 14.3 Å². The standard InChI is InChI=1S/C32H33ClN6O3/c1-5-22-9-7-10-24(36-22)20-42-29-13-12-23(15-26(29)33)37-32-21(18-34)19-35-27-17-30(41-6-2)28(16-25(27)32)38-31(40)11-8-14-39(3)4/h7-13,15-17,19H,5-6,14,20H2,1-4H3,(H,35,37)(H,38,40)/b11-8+. The minimum atomic E-state index is -0.296. The fourth-order valence-electron chi connectivity index (χ4n) is 4.16. The van der Waals surface area contributed by atoms with E-state index in [9.17, 15) is 10.1 Å². The van der Waals surface area contributed by atoms with E-state index < -0.39 is 0 Å². The minimum Gasteiger partial charge on any atom is -0.492 e. The van der Waals surface area contributed by atoms with Crippen molar-refractivity contribution in [3.05, 3.63) is 88.9 Å². The number of anilines is 3. The van der Waals surface area contributed by atoms with E-state index in [0.717, 1.165) is 17.8 Å². The summed E-state index contributed by atoms with van der Waals surface area (Å²) in [4.78, 5) is 23.6. The van der Waals surface area contributed by atoms with Crippen molar-refractivity contribution in [1.29, 1.82) is 5.26 Å². The van der Waals surface area contributed by atoms with Gasteiger partial charge in [-0.1, -0.05) is 30.7 Å². The molecule has 42 heavy (non-hydrogen) atoms. The Bertz CT molecular complexity index is 1650. The third-order valence-corrected chi connectivity index (χ3v) is 6.49. The number of hydrogen-bond donors (Lipinski definition) is 2. The molecule has 0 aliphatic carbocycles. The first kappa shape index (κ1) is 30.3. The summed E-state index contributed by atoms with van der Waals surface area (Å²) in [6, 6.07) is 16.9. The second-order valence-corrected chi connectivity index (χ2v) is 10.1. The first-order valence-corrected chi connectivity index (χ1v) is 13.9. The average molecular weight is 585 g/mol. The van der Waals surface area contributed by atoms with Crippen LogP contribution in [0.5, 0.6) is 11.5 Å². The number of likely N-dealkylation sites (N-methyl/N-ethyl adjacent to an activating group) is 1. The normalized spacial score (nSPS) is 11.1. The number of rotatable bonds is 12. The molecule has 9 nitrogen and oxygen atoms in total. The maximum Gasteiger partial charge on any atom is 0.248 e. The molecule has 0 saturated heterocycles. The molecule has 2 heterocycles. The van der Waals surface area contributed by atoms with Gasteiger partial charge in [-0.3, -0.25) is 14.8 Å². The van der Waals surface area contributed by atoms with Gasteiger partial charge in [-0.25, -0.2) is 0 Å². The molecule has 0 unspecified atom stereocenters. The number of ether oxygens (including phenoxy) is 2. The average Bonchev–Trinajstić information content (AvgIpc) is 2.97. The molecule has 0 aliphatic rings. The lowest BCUT2D eigenvalue weighted by molar-refractivity contribution is -0.111. The summed E-state index contributed by atoms with van der Waals surface area (Å²) in [5, 5.41) is 17.1. The van der Waals surface area contributed by atoms with Crippen LogP contribution in [-0.2, 0) is 17.8 Å². The lowest BCUT2D eigenvalue weighted by Gasteiger charge is -2.16. The number of carbonyl (C=O) groups is 1. The van der Waals surface area contributed by atoms with Gasteiger partial charge in [0, 0.05) is 41.7 Å². The van der Waals surface area contributed by atoms with Gasteiger partial charge >= 0.3 is 0 Å². The van der Waals surface area contributed by atoms with Crippen molar-refractivity contribution in [3.8, 4) is 17.6 Å². The SMILES string of the molecule is CCOc1cc2ncc(C#N)c(Nc3ccc(OCc4cccc(CC)n4)c(Cl)c3)c2cc1NC(=O)/C=C/CN(C)C. The highest BCUT2D eigenvalue weighted by molar-refractivity contribution is 6.32. The van der Waals surface area contributed by atoms with E-state index in [0.29, 0.717) is 63.2 Å². The van der Waals surface area contributed by atoms with E-state index in [-0.39, 0.29) is 12.5 Å². The van der Waals surface area contributed by atoms with Gasteiger partial charge in [0.25, 0.3) is 0 Å². The Balaban J connectivity index is 1.62. The van der Waals surface area contributed by atoms with Gasteiger partial charge in [-0.2, -0.15) is 5.26 Å². The minimum absolute atomic E-state index is 0.287. The second-order valence-electron chi connectivity index (χ2n) is 9.64. The highest BCUT2D eigenvalue weighted by Gasteiger charge is 2.16. The topological polar surface area (TPSA) is 112 Å². The number of nitrogens with zero attached hydrogens (tertiary/aromatic N) is 4. The van der Waals surface area contributed by atoms with Crippen LogP contribution >= 0.6 is 11.6 Å². The lowest BCUT2D eigenvalue weighted by atomic mass is 10.1. The smallest absolute Gasteiger partial charge is 0.248 e. The first-order valence-electron chi connectivity index (χ1n) is 13.6. The van der Waals surface area contributed by atoms with Crippen LogP contribution in [0.25, 0.3) is 10.9 Å². The molecule has 216 valence electrons. The third kappa shape index (κ3) is 7.75. The number of amides is 1. The first-order chi connectivity index (χ1) is 20.3. The van der Waals surface area contributed by atoms with Crippen LogP contribution in [0.3, 0.4) is 0 Å². The molecule has 0 fully saturated rings. The lowest BCUT2D eigenvalue weighted by Crippen LogP contribution is -2.13.